The van der Waals surface area contributed by atoms with Crippen molar-refractivity contribution >= 4 is 23.6 Å². The van der Waals surface area contributed by atoms with Crippen LogP contribution in [0.25, 0.3) is 6.08 Å². The molecular formula is C19H17ClN4O2. The summed E-state index contributed by atoms with van der Waals surface area (Å²) in [6.07, 6.45) is 7.66. The zero-order chi connectivity index (χ0) is 18.4. The molecule has 6 nitrogen and oxygen atoms in total. The summed E-state index contributed by atoms with van der Waals surface area (Å²) in [5.41, 5.74) is 1.06. The summed E-state index contributed by atoms with van der Waals surface area (Å²) in [7, 11) is 0. The lowest BCUT2D eigenvalue weighted by Crippen LogP contribution is -2.43. The maximum absolute atomic E-state index is 12.4. The maximum atomic E-state index is 12.4. The van der Waals surface area contributed by atoms with Crippen molar-refractivity contribution < 1.29 is 9.53 Å². The average molecular weight is 369 g/mol. The number of nitrogens with zero attached hydrogens (tertiary/aromatic N) is 4. The van der Waals surface area contributed by atoms with E-state index < -0.39 is 0 Å². The number of aromatic nitrogens is 2. The van der Waals surface area contributed by atoms with Gasteiger partial charge in [-0.25, -0.2) is 9.97 Å². The van der Waals surface area contributed by atoms with Gasteiger partial charge in [-0.1, -0.05) is 23.7 Å². The molecule has 0 saturated carbocycles. The minimum absolute atomic E-state index is 0.0760. The third-order valence-electron chi connectivity index (χ3n) is 4.03. The normalized spacial score (nSPS) is 17.1. The molecule has 1 unspecified atom stereocenters. The van der Waals surface area contributed by atoms with Gasteiger partial charge in [0.2, 0.25) is 11.6 Å². The number of rotatable bonds is 4. The van der Waals surface area contributed by atoms with Crippen LogP contribution in [-0.2, 0) is 4.79 Å². The molecule has 0 N–H and O–H groups in total. The molecule has 26 heavy (non-hydrogen) atoms. The lowest BCUT2D eigenvalue weighted by atomic mass is 10.1. The number of piperidine rings is 1. The fourth-order valence-electron chi connectivity index (χ4n) is 2.73. The van der Waals surface area contributed by atoms with Crippen LogP contribution in [0.5, 0.6) is 5.88 Å². The van der Waals surface area contributed by atoms with Gasteiger partial charge in [0.1, 0.15) is 12.2 Å². The van der Waals surface area contributed by atoms with E-state index in [0.29, 0.717) is 18.1 Å². The molecule has 1 atom stereocenters. The first-order valence-corrected chi connectivity index (χ1v) is 8.64. The van der Waals surface area contributed by atoms with Crippen LogP contribution in [0.1, 0.15) is 24.1 Å². The Hall–Kier alpha value is -2.91. The summed E-state index contributed by atoms with van der Waals surface area (Å²) < 4.78 is 5.80. The predicted octanol–water partition coefficient (Wildman–Crippen LogP) is 3.08. The zero-order valence-corrected chi connectivity index (χ0v) is 14.8. The van der Waals surface area contributed by atoms with E-state index in [1.807, 2.05) is 18.2 Å². The molecule has 1 aromatic heterocycles. The van der Waals surface area contributed by atoms with Gasteiger partial charge >= 0.3 is 0 Å². The first-order chi connectivity index (χ1) is 12.7. The van der Waals surface area contributed by atoms with Crippen LogP contribution in [0, 0.1) is 11.3 Å². The van der Waals surface area contributed by atoms with Gasteiger partial charge in [-0.05, 0) is 36.6 Å². The Balaban J connectivity index is 1.61. The Labute approximate surface area is 156 Å². The maximum Gasteiger partial charge on any atom is 0.251 e. The van der Waals surface area contributed by atoms with Crippen molar-refractivity contribution in [3.63, 3.8) is 0 Å². The van der Waals surface area contributed by atoms with E-state index in [1.54, 1.807) is 29.2 Å². The fourth-order valence-corrected chi connectivity index (χ4v) is 2.85. The number of carbonyl (C=O) groups excluding carboxylic acids is 1. The highest BCUT2D eigenvalue weighted by Gasteiger charge is 2.25. The van der Waals surface area contributed by atoms with Crippen LogP contribution in [0.3, 0.4) is 0 Å². The Morgan fingerprint density at radius 3 is 2.85 bits per heavy atom. The quantitative estimate of drug-likeness (QED) is 0.775. The highest BCUT2D eigenvalue weighted by atomic mass is 35.5. The standard InChI is InChI=1S/C19H17ClN4O2/c20-15-6-3-14(4-7-15)5-8-18(25)24-11-1-2-16(13-24)26-19-17(12-21)22-9-10-23-19/h3-10,16H,1-2,11,13H2/b8-5+. The second-order valence-corrected chi connectivity index (χ2v) is 6.31. The number of hydrogen-bond acceptors (Lipinski definition) is 5. The summed E-state index contributed by atoms with van der Waals surface area (Å²) in [5, 5.41) is 9.73. The van der Waals surface area contributed by atoms with Crippen molar-refractivity contribution in [1.29, 1.82) is 5.26 Å². The van der Waals surface area contributed by atoms with Gasteiger partial charge in [0, 0.05) is 30.0 Å². The highest BCUT2D eigenvalue weighted by molar-refractivity contribution is 6.30. The fraction of sp³-hybridized carbons (Fsp3) is 0.263. The number of ether oxygens (including phenoxy) is 1. The smallest absolute Gasteiger partial charge is 0.251 e. The van der Waals surface area contributed by atoms with E-state index in [9.17, 15) is 4.79 Å². The molecule has 0 aliphatic carbocycles. The number of halogens is 1. The summed E-state index contributed by atoms with van der Waals surface area (Å²) in [6.45, 7) is 1.13. The molecule has 0 spiro atoms. The van der Waals surface area contributed by atoms with Gasteiger partial charge in [-0.2, -0.15) is 5.26 Å². The Morgan fingerprint density at radius 2 is 2.08 bits per heavy atom. The number of amides is 1. The van der Waals surface area contributed by atoms with Crippen molar-refractivity contribution in [2.45, 2.75) is 18.9 Å². The van der Waals surface area contributed by atoms with Gasteiger partial charge in [0.05, 0.1) is 6.54 Å². The van der Waals surface area contributed by atoms with E-state index in [0.717, 1.165) is 18.4 Å². The zero-order valence-electron chi connectivity index (χ0n) is 14.0. The first kappa shape index (κ1) is 17.9. The van der Waals surface area contributed by atoms with Crippen LogP contribution >= 0.6 is 11.6 Å². The van der Waals surface area contributed by atoms with Gasteiger partial charge < -0.3 is 9.64 Å². The number of carbonyl (C=O) groups is 1. The summed E-state index contributed by atoms with van der Waals surface area (Å²) in [6, 6.07) is 9.23. The molecule has 2 heterocycles. The van der Waals surface area contributed by atoms with Crippen LogP contribution in [0.15, 0.2) is 42.7 Å². The molecule has 2 aromatic rings. The number of hydrogen-bond donors (Lipinski definition) is 0. The SMILES string of the molecule is N#Cc1nccnc1OC1CCCN(C(=O)/C=C/c2ccc(Cl)cc2)C1. The first-order valence-electron chi connectivity index (χ1n) is 8.26. The van der Waals surface area contributed by atoms with Gasteiger partial charge in [0.25, 0.3) is 5.88 Å². The van der Waals surface area contributed by atoms with E-state index in [4.69, 9.17) is 21.6 Å². The molecule has 1 aliphatic heterocycles. The molecular weight excluding hydrogens is 352 g/mol. The predicted molar refractivity (Wildman–Crippen MR) is 97.5 cm³/mol. The van der Waals surface area contributed by atoms with Crippen molar-refractivity contribution in [2.24, 2.45) is 0 Å². The summed E-state index contributed by atoms with van der Waals surface area (Å²) in [4.78, 5) is 22.2. The minimum atomic E-state index is -0.208. The minimum Gasteiger partial charge on any atom is -0.470 e. The number of likely N-dealkylation sites (tertiary alicyclic amines) is 1. The molecule has 132 valence electrons. The molecule has 1 aromatic carbocycles. The molecule has 1 aliphatic rings. The van der Waals surface area contributed by atoms with Gasteiger partial charge in [-0.3, -0.25) is 4.79 Å². The van der Waals surface area contributed by atoms with Crippen LogP contribution < -0.4 is 4.74 Å². The van der Waals surface area contributed by atoms with Crippen molar-refractivity contribution in [3.05, 3.63) is 59.0 Å². The second-order valence-electron chi connectivity index (χ2n) is 5.87. The van der Waals surface area contributed by atoms with Crippen LogP contribution in [0.4, 0.5) is 0 Å². The van der Waals surface area contributed by atoms with E-state index in [-0.39, 0.29) is 23.6 Å². The lowest BCUT2D eigenvalue weighted by Gasteiger charge is -2.32. The molecule has 7 heteroatoms. The van der Waals surface area contributed by atoms with E-state index >= 15 is 0 Å². The van der Waals surface area contributed by atoms with E-state index in [2.05, 4.69) is 9.97 Å². The largest absolute Gasteiger partial charge is 0.470 e. The molecule has 1 amide bonds. The molecule has 0 radical (unpaired) electrons. The molecule has 3 rings (SSSR count). The van der Waals surface area contributed by atoms with E-state index in [1.165, 1.54) is 12.4 Å². The topological polar surface area (TPSA) is 79.1 Å². The van der Waals surface area contributed by atoms with Crippen molar-refractivity contribution in [2.75, 3.05) is 13.1 Å². The molecule has 1 fully saturated rings. The second kappa shape index (κ2) is 8.45. The van der Waals surface area contributed by atoms with Crippen molar-refractivity contribution in [3.8, 4) is 11.9 Å². The number of nitriles is 1. The molecule has 0 bridgehead atoms. The summed E-state index contributed by atoms with van der Waals surface area (Å²) in [5.74, 6) is 0.138. The van der Waals surface area contributed by atoms with Crippen LogP contribution in [0.2, 0.25) is 5.02 Å². The lowest BCUT2D eigenvalue weighted by molar-refractivity contribution is -0.128. The number of benzene rings is 1. The average Bonchev–Trinajstić information content (AvgIpc) is 2.68. The highest BCUT2D eigenvalue weighted by Crippen LogP contribution is 2.19. The Kier molecular flexibility index (Phi) is 5.82. The van der Waals surface area contributed by atoms with Crippen molar-refractivity contribution in [1.82, 2.24) is 14.9 Å². The van der Waals surface area contributed by atoms with Crippen LogP contribution in [-0.4, -0.2) is 40.0 Å². The van der Waals surface area contributed by atoms with Gasteiger partial charge in [-0.15, -0.1) is 0 Å². The Bertz CT molecular complexity index is 845. The third kappa shape index (κ3) is 4.58. The van der Waals surface area contributed by atoms with Gasteiger partial charge in [0.15, 0.2) is 0 Å². The molecule has 1 saturated heterocycles. The monoisotopic (exact) mass is 368 g/mol. The summed E-state index contributed by atoms with van der Waals surface area (Å²) >= 11 is 5.86. The third-order valence-corrected chi connectivity index (χ3v) is 4.28. The Morgan fingerprint density at radius 1 is 1.31 bits per heavy atom.